The van der Waals surface area contributed by atoms with Gasteiger partial charge in [-0.1, -0.05) is 12.1 Å². The molecule has 0 fully saturated rings. The molecule has 0 radical (unpaired) electrons. The minimum absolute atomic E-state index is 0.150. The molecule has 0 atom stereocenters. The number of anilines is 1. The van der Waals surface area contributed by atoms with E-state index in [1.54, 1.807) is 18.2 Å². The lowest BCUT2D eigenvalue weighted by molar-refractivity contribution is 0.463. The number of benzene rings is 1. The molecule has 0 bridgehead atoms. The molecular weight excluding hydrogens is 296 g/mol. The van der Waals surface area contributed by atoms with Crippen LogP contribution in [0.5, 0.6) is 0 Å². The Morgan fingerprint density at radius 1 is 1.40 bits per heavy atom. The van der Waals surface area contributed by atoms with Crippen LogP contribution in [0.1, 0.15) is 10.7 Å². The molecule has 0 saturated heterocycles. The van der Waals surface area contributed by atoms with Gasteiger partial charge in [0, 0.05) is 12.4 Å². The van der Waals surface area contributed by atoms with Crippen molar-refractivity contribution in [3.63, 3.8) is 0 Å². The Balaban J connectivity index is 2.29. The fraction of sp³-hybridized carbons (Fsp3) is 0.250. The third kappa shape index (κ3) is 2.98. The van der Waals surface area contributed by atoms with Crippen LogP contribution in [0, 0.1) is 6.92 Å². The zero-order chi connectivity index (χ0) is 14.8. The fourth-order valence-electron chi connectivity index (χ4n) is 1.77. The maximum absolute atomic E-state index is 12.5. The van der Waals surface area contributed by atoms with Gasteiger partial charge < -0.3 is 5.43 Å². The molecule has 2 rings (SSSR count). The lowest BCUT2D eigenvalue weighted by atomic mass is 10.3. The van der Waals surface area contributed by atoms with Gasteiger partial charge >= 0.3 is 0 Å². The van der Waals surface area contributed by atoms with Gasteiger partial charge in [-0.2, -0.15) is 4.31 Å². The van der Waals surface area contributed by atoms with Gasteiger partial charge in [0.25, 0.3) is 0 Å². The summed E-state index contributed by atoms with van der Waals surface area (Å²) in [6.45, 7) is 2.11. The van der Waals surface area contributed by atoms with E-state index >= 15 is 0 Å². The number of aromatic nitrogens is 1. The Hall–Kier alpha value is -1.48. The zero-order valence-corrected chi connectivity index (χ0v) is 12.8. The minimum Gasteiger partial charge on any atom is -0.323 e. The van der Waals surface area contributed by atoms with E-state index < -0.39 is 10.0 Å². The summed E-state index contributed by atoms with van der Waals surface area (Å²) in [5.41, 5.74) is 3.51. The van der Waals surface area contributed by atoms with Crippen LogP contribution in [0.4, 0.5) is 5.69 Å². The second-order valence-electron chi connectivity index (χ2n) is 4.26. The molecule has 1 aromatic heterocycles. The van der Waals surface area contributed by atoms with Gasteiger partial charge in [0.1, 0.15) is 4.90 Å². The van der Waals surface area contributed by atoms with Gasteiger partial charge in [0.15, 0.2) is 0 Å². The summed E-state index contributed by atoms with van der Waals surface area (Å²) in [6.07, 6.45) is 0. The van der Waals surface area contributed by atoms with Gasteiger partial charge in [0.2, 0.25) is 10.0 Å². The normalized spacial score (nSPS) is 11.8. The van der Waals surface area contributed by atoms with Crippen LogP contribution in [-0.2, 0) is 16.6 Å². The highest BCUT2D eigenvalue weighted by Gasteiger charge is 2.24. The van der Waals surface area contributed by atoms with Crippen molar-refractivity contribution in [1.29, 1.82) is 0 Å². The molecule has 8 heteroatoms. The first-order valence-electron chi connectivity index (χ1n) is 5.88. The summed E-state index contributed by atoms with van der Waals surface area (Å²) < 4.78 is 26.3. The number of hydrazine groups is 1. The van der Waals surface area contributed by atoms with Crippen molar-refractivity contribution < 1.29 is 8.42 Å². The summed E-state index contributed by atoms with van der Waals surface area (Å²) in [7, 11) is -2.09. The molecule has 0 aliphatic rings. The molecule has 0 aliphatic heterocycles. The molecule has 3 N–H and O–H groups in total. The van der Waals surface area contributed by atoms with Crippen LogP contribution < -0.4 is 11.3 Å². The van der Waals surface area contributed by atoms with E-state index in [0.29, 0.717) is 5.69 Å². The van der Waals surface area contributed by atoms with Crippen LogP contribution in [0.3, 0.4) is 0 Å². The molecule has 2 aromatic rings. The van der Waals surface area contributed by atoms with E-state index in [4.69, 9.17) is 5.84 Å². The van der Waals surface area contributed by atoms with Crippen molar-refractivity contribution in [3.05, 3.63) is 40.3 Å². The maximum atomic E-state index is 12.5. The molecule has 0 amide bonds. The van der Waals surface area contributed by atoms with Crippen molar-refractivity contribution in [2.45, 2.75) is 18.4 Å². The first-order chi connectivity index (χ1) is 9.45. The van der Waals surface area contributed by atoms with Gasteiger partial charge in [-0.15, -0.1) is 11.3 Å². The molecule has 1 aromatic carbocycles. The number of sulfonamides is 1. The molecule has 1 heterocycles. The highest BCUT2D eigenvalue weighted by Crippen LogP contribution is 2.24. The van der Waals surface area contributed by atoms with Crippen molar-refractivity contribution in [3.8, 4) is 0 Å². The largest absolute Gasteiger partial charge is 0.323 e. The molecule has 20 heavy (non-hydrogen) atoms. The van der Waals surface area contributed by atoms with Crippen LogP contribution in [0.15, 0.2) is 34.5 Å². The van der Waals surface area contributed by atoms with E-state index in [0.717, 1.165) is 10.7 Å². The van der Waals surface area contributed by atoms with Gasteiger partial charge in [-0.25, -0.2) is 13.4 Å². The second-order valence-corrected chi connectivity index (χ2v) is 7.33. The number of aryl methyl sites for hydroxylation is 1. The Kier molecular flexibility index (Phi) is 4.39. The molecular formula is C12H16N4O2S2. The predicted octanol–water partition coefficient (Wildman–Crippen LogP) is 1.56. The summed E-state index contributed by atoms with van der Waals surface area (Å²) in [5.74, 6) is 5.36. The van der Waals surface area contributed by atoms with Crippen molar-refractivity contribution in [1.82, 2.24) is 9.29 Å². The van der Waals surface area contributed by atoms with Crippen molar-refractivity contribution >= 4 is 27.0 Å². The SMILES string of the molecule is Cc1nc(CN(C)S(=O)(=O)c2ccccc2NN)cs1. The zero-order valence-electron chi connectivity index (χ0n) is 11.2. The number of nitrogens with two attached hydrogens (primary N) is 1. The number of para-hydroxylation sites is 1. The highest BCUT2D eigenvalue weighted by molar-refractivity contribution is 7.89. The summed E-state index contributed by atoms with van der Waals surface area (Å²) >= 11 is 1.50. The van der Waals surface area contributed by atoms with E-state index in [1.165, 1.54) is 28.8 Å². The average Bonchev–Trinajstić information content (AvgIpc) is 2.84. The van der Waals surface area contributed by atoms with E-state index in [9.17, 15) is 8.42 Å². The Bertz CT molecular complexity index is 697. The molecule has 0 saturated carbocycles. The van der Waals surface area contributed by atoms with Crippen LogP contribution in [0.25, 0.3) is 0 Å². The van der Waals surface area contributed by atoms with Gasteiger partial charge in [-0.3, -0.25) is 5.84 Å². The Labute approximate surface area is 122 Å². The summed E-state index contributed by atoms with van der Waals surface area (Å²) in [4.78, 5) is 4.42. The van der Waals surface area contributed by atoms with Crippen LogP contribution in [0.2, 0.25) is 0 Å². The van der Waals surface area contributed by atoms with E-state index in [1.807, 2.05) is 12.3 Å². The van der Waals surface area contributed by atoms with E-state index in [-0.39, 0.29) is 11.4 Å². The van der Waals surface area contributed by atoms with Gasteiger partial charge in [-0.05, 0) is 19.1 Å². The number of hydrogen-bond acceptors (Lipinski definition) is 6. The number of thiazole rings is 1. The second kappa shape index (κ2) is 5.88. The first-order valence-corrected chi connectivity index (χ1v) is 8.20. The predicted molar refractivity (Wildman–Crippen MR) is 79.8 cm³/mol. The molecule has 0 aliphatic carbocycles. The molecule has 0 spiro atoms. The molecule has 0 unspecified atom stereocenters. The lowest BCUT2D eigenvalue weighted by Gasteiger charge is -2.18. The topological polar surface area (TPSA) is 88.3 Å². The smallest absolute Gasteiger partial charge is 0.245 e. The maximum Gasteiger partial charge on any atom is 0.245 e. The standard InChI is InChI=1S/C12H16N4O2S2/c1-9-14-10(8-19-9)7-16(2)20(17,18)12-6-4-3-5-11(12)15-13/h3-6,8,15H,7,13H2,1-2H3. The number of rotatable bonds is 5. The van der Waals surface area contributed by atoms with Gasteiger partial charge in [0.05, 0.1) is 22.9 Å². The number of nitrogen functional groups attached to an aromatic ring is 1. The number of hydrogen-bond donors (Lipinski definition) is 2. The lowest BCUT2D eigenvalue weighted by Crippen LogP contribution is -2.28. The van der Waals surface area contributed by atoms with Crippen molar-refractivity contribution in [2.24, 2.45) is 5.84 Å². The third-order valence-corrected chi connectivity index (χ3v) is 5.47. The number of nitrogens with one attached hydrogen (secondary N) is 1. The molecule has 6 nitrogen and oxygen atoms in total. The monoisotopic (exact) mass is 312 g/mol. The summed E-state index contributed by atoms with van der Waals surface area (Å²) in [5, 5.41) is 2.77. The highest BCUT2D eigenvalue weighted by atomic mass is 32.2. The Morgan fingerprint density at radius 3 is 2.70 bits per heavy atom. The average molecular weight is 312 g/mol. The van der Waals surface area contributed by atoms with Crippen LogP contribution >= 0.6 is 11.3 Å². The number of nitrogens with zero attached hydrogens (tertiary/aromatic N) is 2. The summed E-state index contributed by atoms with van der Waals surface area (Å²) in [6, 6.07) is 6.52. The molecule has 108 valence electrons. The minimum atomic E-state index is -3.62. The third-order valence-electron chi connectivity index (χ3n) is 2.78. The Morgan fingerprint density at radius 2 is 2.10 bits per heavy atom. The van der Waals surface area contributed by atoms with E-state index in [2.05, 4.69) is 10.4 Å². The fourth-order valence-corrected chi connectivity index (χ4v) is 3.67. The quantitative estimate of drug-likeness (QED) is 0.646. The van der Waals surface area contributed by atoms with Crippen LogP contribution in [-0.4, -0.2) is 24.8 Å². The van der Waals surface area contributed by atoms with Crippen molar-refractivity contribution in [2.75, 3.05) is 12.5 Å². The first kappa shape index (κ1) is 14.9.